The maximum atomic E-state index is 14.1. The third-order valence-electron chi connectivity index (χ3n) is 8.88. The number of nitrogens with one attached hydrogen (secondary N) is 1. The van der Waals surface area contributed by atoms with E-state index in [-0.39, 0.29) is 30.8 Å². The molecule has 1 fully saturated rings. The average molecular weight is 610 g/mol. The number of carbonyl (C=O) groups is 2. The molecule has 0 spiro atoms. The maximum absolute atomic E-state index is 14.1. The van der Waals surface area contributed by atoms with E-state index in [2.05, 4.69) is 5.32 Å². The number of anilines is 1. The molecule has 1 aliphatic carbocycles. The molecule has 0 bridgehead atoms. The Balaban J connectivity index is 1.25. The zero-order chi connectivity index (χ0) is 30.7. The molecule has 7 nitrogen and oxygen atoms in total. The van der Waals surface area contributed by atoms with Crippen molar-refractivity contribution >= 4 is 38.3 Å². The van der Waals surface area contributed by atoms with Crippen molar-refractivity contribution in [3.05, 3.63) is 108 Å². The summed E-state index contributed by atoms with van der Waals surface area (Å²) in [4.78, 5) is 30.0. The molecule has 44 heavy (non-hydrogen) atoms. The van der Waals surface area contributed by atoms with Crippen molar-refractivity contribution in [3.63, 3.8) is 0 Å². The molecule has 4 aromatic carbocycles. The van der Waals surface area contributed by atoms with Gasteiger partial charge in [-0.1, -0.05) is 97.3 Å². The number of benzene rings is 4. The van der Waals surface area contributed by atoms with Crippen molar-refractivity contribution in [2.45, 2.75) is 75.4 Å². The quantitative estimate of drug-likeness (QED) is 0.222. The smallest absolute Gasteiger partial charge is 0.265 e. The van der Waals surface area contributed by atoms with Gasteiger partial charge in [0.05, 0.1) is 10.6 Å². The van der Waals surface area contributed by atoms with E-state index in [1.165, 1.54) is 4.31 Å². The summed E-state index contributed by atoms with van der Waals surface area (Å²) in [6.07, 6.45) is 4.94. The summed E-state index contributed by atoms with van der Waals surface area (Å²) in [5.41, 5.74) is 3.70. The Bertz CT molecular complexity index is 1740. The molecular formula is C36H39N3O4S. The lowest BCUT2D eigenvalue weighted by atomic mass is 10.0. The van der Waals surface area contributed by atoms with E-state index < -0.39 is 16.1 Å². The Kier molecular flexibility index (Phi) is 8.71. The highest BCUT2D eigenvalue weighted by molar-refractivity contribution is 7.93. The summed E-state index contributed by atoms with van der Waals surface area (Å²) in [7, 11) is -3.71. The summed E-state index contributed by atoms with van der Waals surface area (Å²) in [6.45, 7) is 2.49. The molecule has 0 saturated heterocycles. The largest absolute Gasteiger partial charge is 0.352 e. The fraction of sp³-hybridized carbons (Fsp3) is 0.333. The first-order valence-electron chi connectivity index (χ1n) is 15.5. The second-order valence-corrected chi connectivity index (χ2v) is 13.8. The van der Waals surface area contributed by atoms with E-state index in [1.807, 2.05) is 85.8 Å². The van der Waals surface area contributed by atoms with Gasteiger partial charge in [-0.2, -0.15) is 0 Å². The van der Waals surface area contributed by atoms with Crippen molar-refractivity contribution in [2.75, 3.05) is 10.8 Å². The zero-order valence-corrected chi connectivity index (χ0v) is 25.9. The SMILES string of the molecule is Cc1ccc(CN(C(=O)CCCN2c3cccc4cccc(c34)S2(=O)=O)C(Cc2ccccc2)C(=O)NC2CCCC2)cc1. The third kappa shape index (κ3) is 6.22. The molecule has 2 amide bonds. The number of sulfonamides is 1. The summed E-state index contributed by atoms with van der Waals surface area (Å²) in [6, 6.07) is 28.2. The van der Waals surface area contributed by atoms with Crippen LogP contribution in [0.15, 0.2) is 95.9 Å². The summed E-state index contributed by atoms with van der Waals surface area (Å²) < 4.78 is 28.4. The topological polar surface area (TPSA) is 86.8 Å². The minimum atomic E-state index is -3.71. The molecule has 0 aromatic heterocycles. The minimum Gasteiger partial charge on any atom is -0.352 e. The van der Waals surface area contributed by atoms with Gasteiger partial charge in [0.25, 0.3) is 10.0 Å². The standard InChI is InChI=1S/C36H39N3O4S/c1-26-19-21-28(22-20-26)25-38(32(24-27-10-3-2-4-11-27)36(41)37-30-14-5-6-15-30)34(40)18-9-23-39-31-16-7-12-29-13-8-17-33(35(29)31)44(39,42)43/h2-4,7-8,10-13,16-17,19-22,30,32H,5-6,9,14-15,18,23-25H2,1H3,(H,37,41). The van der Waals surface area contributed by atoms with Crippen molar-refractivity contribution < 1.29 is 18.0 Å². The Morgan fingerprint density at radius 3 is 2.32 bits per heavy atom. The van der Waals surface area contributed by atoms with Crippen LogP contribution in [0.4, 0.5) is 5.69 Å². The third-order valence-corrected chi connectivity index (χ3v) is 10.7. The van der Waals surface area contributed by atoms with Crippen LogP contribution in [0.1, 0.15) is 55.2 Å². The number of rotatable bonds is 11. The molecule has 2 aliphatic rings. The summed E-state index contributed by atoms with van der Waals surface area (Å²) in [5.74, 6) is -0.300. The average Bonchev–Trinajstić information content (AvgIpc) is 3.61. The minimum absolute atomic E-state index is 0.117. The summed E-state index contributed by atoms with van der Waals surface area (Å²) in [5, 5.41) is 4.85. The van der Waals surface area contributed by atoms with Crippen molar-refractivity contribution in [3.8, 4) is 0 Å². The van der Waals surface area contributed by atoms with Gasteiger partial charge in [0, 0.05) is 37.4 Å². The van der Waals surface area contributed by atoms with Crippen LogP contribution in [0.5, 0.6) is 0 Å². The molecule has 8 heteroatoms. The van der Waals surface area contributed by atoms with Gasteiger partial charge in [0.2, 0.25) is 11.8 Å². The van der Waals surface area contributed by atoms with Crippen LogP contribution in [0, 0.1) is 6.92 Å². The first-order chi connectivity index (χ1) is 21.3. The molecule has 0 radical (unpaired) electrons. The fourth-order valence-electron chi connectivity index (χ4n) is 6.53. The van der Waals surface area contributed by atoms with Gasteiger partial charge in [0.15, 0.2) is 0 Å². The normalized spacial score (nSPS) is 16.2. The highest BCUT2D eigenvalue weighted by Gasteiger charge is 2.36. The fourth-order valence-corrected chi connectivity index (χ4v) is 8.28. The predicted molar refractivity (Wildman–Crippen MR) is 174 cm³/mol. The number of carbonyl (C=O) groups excluding carboxylic acids is 2. The van der Waals surface area contributed by atoms with Crippen LogP contribution in [0.2, 0.25) is 0 Å². The molecule has 228 valence electrons. The van der Waals surface area contributed by atoms with Crippen LogP contribution in [-0.4, -0.2) is 43.8 Å². The van der Waals surface area contributed by atoms with Crippen LogP contribution < -0.4 is 9.62 Å². The number of nitrogens with zero attached hydrogens (tertiary/aromatic N) is 2. The zero-order valence-electron chi connectivity index (χ0n) is 25.1. The molecule has 6 rings (SSSR count). The van der Waals surface area contributed by atoms with E-state index >= 15 is 0 Å². The number of aryl methyl sites for hydroxylation is 1. The second-order valence-electron chi connectivity index (χ2n) is 12.0. The predicted octanol–water partition coefficient (Wildman–Crippen LogP) is 6.14. The van der Waals surface area contributed by atoms with Gasteiger partial charge in [-0.05, 0) is 54.8 Å². The molecule has 1 atom stereocenters. The van der Waals surface area contributed by atoms with Gasteiger partial charge in [-0.15, -0.1) is 0 Å². The molecule has 1 N–H and O–H groups in total. The van der Waals surface area contributed by atoms with Gasteiger partial charge >= 0.3 is 0 Å². The second kappa shape index (κ2) is 12.8. The van der Waals surface area contributed by atoms with Gasteiger partial charge in [0.1, 0.15) is 6.04 Å². The first-order valence-corrected chi connectivity index (χ1v) is 17.0. The Morgan fingerprint density at radius 2 is 1.59 bits per heavy atom. The first kappa shape index (κ1) is 29.9. The lowest BCUT2D eigenvalue weighted by molar-refractivity contribution is -0.141. The number of hydrogen-bond acceptors (Lipinski definition) is 4. The van der Waals surface area contributed by atoms with E-state index in [1.54, 1.807) is 17.0 Å². The lowest BCUT2D eigenvalue weighted by Gasteiger charge is -2.32. The van der Waals surface area contributed by atoms with Crippen LogP contribution in [0.3, 0.4) is 0 Å². The van der Waals surface area contributed by atoms with E-state index in [0.717, 1.165) is 53.1 Å². The van der Waals surface area contributed by atoms with E-state index in [4.69, 9.17) is 0 Å². The number of amides is 2. The molecule has 1 aliphatic heterocycles. The Hall–Kier alpha value is -4.17. The lowest BCUT2D eigenvalue weighted by Crippen LogP contribution is -2.52. The van der Waals surface area contributed by atoms with Crippen molar-refractivity contribution in [1.82, 2.24) is 10.2 Å². The van der Waals surface area contributed by atoms with E-state index in [0.29, 0.717) is 30.0 Å². The Morgan fingerprint density at radius 1 is 0.886 bits per heavy atom. The van der Waals surface area contributed by atoms with Crippen molar-refractivity contribution in [1.29, 1.82) is 0 Å². The molecule has 4 aromatic rings. The maximum Gasteiger partial charge on any atom is 0.265 e. The summed E-state index contributed by atoms with van der Waals surface area (Å²) >= 11 is 0. The molecule has 1 saturated carbocycles. The van der Waals surface area contributed by atoms with Gasteiger partial charge < -0.3 is 10.2 Å². The van der Waals surface area contributed by atoms with E-state index in [9.17, 15) is 18.0 Å². The Labute approximate surface area is 259 Å². The molecular weight excluding hydrogens is 570 g/mol. The molecule has 1 heterocycles. The monoisotopic (exact) mass is 609 g/mol. The highest BCUT2D eigenvalue weighted by Crippen LogP contribution is 2.42. The number of hydrogen-bond donors (Lipinski definition) is 1. The van der Waals surface area contributed by atoms with Crippen molar-refractivity contribution in [2.24, 2.45) is 0 Å². The molecule has 1 unspecified atom stereocenters. The van der Waals surface area contributed by atoms with Crippen LogP contribution in [0.25, 0.3) is 10.8 Å². The highest BCUT2D eigenvalue weighted by atomic mass is 32.2. The van der Waals surface area contributed by atoms with Crippen LogP contribution >= 0.6 is 0 Å². The van der Waals surface area contributed by atoms with Gasteiger partial charge in [-0.25, -0.2) is 8.42 Å². The van der Waals surface area contributed by atoms with Crippen LogP contribution in [-0.2, 0) is 32.6 Å². The van der Waals surface area contributed by atoms with Gasteiger partial charge in [-0.3, -0.25) is 13.9 Å².